The van der Waals surface area contributed by atoms with Crippen molar-refractivity contribution in [2.24, 2.45) is 0 Å². The Balaban J connectivity index is 3.49. The van der Waals surface area contributed by atoms with Gasteiger partial charge in [0.05, 0.1) is 0 Å². The molecule has 0 atom stereocenters. The zero-order chi connectivity index (χ0) is 9.30. The minimum atomic E-state index is 0.0246. The molecule has 0 heterocycles. The van der Waals surface area contributed by atoms with Gasteiger partial charge >= 0.3 is 0 Å². The molecule has 1 aromatic carbocycles. The first-order chi connectivity index (χ1) is 5.57. The summed E-state index contributed by atoms with van der Waals surface area (Å²) in [5.74, 6) is 0.0246. The van der Waals surface area contributed by atoms with Gasteiger partial charge in [-0.05, 0) is 25.5 Å². The topological polar surface area (TPSA) is 45.9 Å². The number of benzene rings is 1. The second-order valence-corrected chi connectivity index (χ2v) is 2.83. The van der Waals surface area contributed by atoms with Gasteiger partial charge in [-0.2, -0.15) is 0 Å². The Morgan fingerprint density at radius 2 is 2.00 bits per heavy atom. The monoisotopic (exact) mass is 162 g/mol. The number of hydrogen-bond acceptors (Lipinski definition) is 1. The smallest absolute Gasteiger partial charge is 0.182 e. The van der Waals surface area contributed by atoms with Crippen molar-refractivity contribution in [1.29, 1.82) is 0 Å². The summed E-state index contributed by atoms with van der Waals surface area (Å²) in [6.07, 6.45) is 1.60. The Hall–Kier alpha value is -1.44. The number of hydrogen-bond donors (Lipinski definition) is 1. The van der Waals surface area contributed by atoms with Gasteiger partial charge in [0.15, 0.2) is 5.75 Å². The van der Waals surface area contributed by atoms with E-state index in [2.05, 4.69) is 6.58 Å². The summed E-state index contributed by atoms with van der Waals surface area (Å²) in [6.45, 7) is 7.21. The van der Waals surface area contributed by atoms with Crippen LogP contribution >= 0.6 is 0 Å². The van der Waals surface area contributed by atoms with Crippen molar-refractivity contribution in [3.8, 4) is 5.75 Å². The lowest BCUT2D eigenvalue weighted by molar-refractivity contribution is 0.351. The predicted molar refractivity (Wildman–Crippen MR) is 50.6 cm³/mol. The molecule has 0 saturated heterocycles. The van der Waals surface area contributed by atoms with Crippen molar-refractivity contribution < 1.29 is 5.11 Å². The Labute approximate surface area is 72.3 Å². The SMILES string of the molecule is C=Cc1cc([O])c(C)c(C)c1N. The molecule has 0 aliphatic heterocycles. The zero-order valence-corrected chi connectivity index (χ0v) is 7.35. The maximum Gasteiger partial charge on any atom is 0.182 e. The first-order valence-electron chi connectivity index (χ1n) is 3.77. The average Bonchev–Trinajstić information content (AvgIpc) is 2.08. The molecule has 0 spiro atoms. The van der Waals surface area contributed by atoms with Gasteiger partial charge in [-0.1, -0.05) is 12.7 Å². The van der Waals surface area contributed by atoms with E-state index in [4.69, 9.17) is 5.73 Å². The van der Waals surface area contributed by atoms with Gasteiger partial charge in [0.1, 0.15) is 0 Å². The summed E-state index contributed by atoms with van der Waals surface area (Å²) in [7, 11) is 0. The Morgan fingerprint density at radius 3 is 2.50 bits per heavy atom. The van der Waals surface area contributed by atoms with E-state index in [-0.39, 0.29) is 5.75 Å². The van der Waals surface area contributed by atoms with Crippen LogP contribution in [0.25, 0.3) is 6.08 Å². The molecule has 1 rings (SSSR count). The lowest BCUT2D eigenvalue weighted by Crippen LogP contribution is -1.95. The van der Waals surface area contributed by atoms with E-state index in [0.29, 0.717) is 5.69 Å². The Morgan fingerprint density at radius 1 is 1.42 bits per heavy atom. The second kappa shape index (κ2) is 2.89. The van der Waals surface area contributed by atoms with Crippen LogP contribution in [0.4, 0.5) is 5.69 Å². The molecule has 0 amide bonds. The summed E-state index contributed by atoms with van der Waals surface area (Å²) in [6, 6.07) is 1.52. The quantitative estimate of drug-likeness (QED) is 0.634. The molecule has 2 N–H and O–H groups in total. The van der Waals surface area contributed by atoms with Gasteiger partial charge in [-0.25, -0.2) is 0 Å². The number of rotatable bonds is 1. The summed E-state index contributed by atoms with van der Waals surface area (Å²) in [4.78, 5) is 0. The Kier molecular flexibility index (Phi) is 2.09. The lowest BCUT2D eigenvalue weighted by atomic mass is 10.0. The third-order valence-electron chi connectivity index (χ3n) is 2.15. The average molecular weight is 162 g/mol. The van der Waals surface area contributed by atoms with E-state index in [1.165, 1.54) is 6.07 Å². The van der Waals surface area contributed by atoms with Crippen LogP contribution in [0.15, 0.2) is 12.6 Å². The highest BCUT2D eigenvalue weighted by molar-refractivity contribution is 5.70. The Bertz CT molecular complexity index is 329. The van der Waals surface area contributed by atoms with Crippen molar-refractivity contribution in [2.45, 2.75) is 13.8 Å². The van der Waals surface area contributed by atoms with Crippen LogP contribution < -0.4 is 5.73 Å². The number of nitrogen functional groups attached to an aromatic ring is 1. The van der Waals surface area contributed by atoms with Crippen molar-refractivity contribution in [1.82, 2.24) is 0 Å². The van der Waals surface area contributed by atoms with Crippen LogP contribution in [0.3, 0.4) is 0 Å². The lowest BCUT2D eigenvalue weighted by Gasteiger charge is -2.07. The fraction of sp³-hybridized carbons (Fsp3) is 0.200. The zero-order valence-electron chi connectivity index (χ0n) is 7.35. The third-order valence-corrected chi connectivity index (χ3v) is 2.15. The van der Waals surface area contributed by atoms with Crippen molar-refractivity contribution >= 4 is 11.8 Å². The summed E-state index contributed by atoms with van der Waals surface area (Å²) < 4.78 is 0. The fourth-order valence-electron chi connectivity index (χ4n) is 1.10. The van der Waals surface area contributed by atoms with Crippen LogP contribution in [0, 0.1) is 13.8 Å². The molecule has 0 aliphatic carbocycles. The van der Waals surface area contributed by atoms with Crippen molar-refractivity contribution in [2.75, 3.05) is 5.73 Å². The van der Waals surface area contributed by atoms with Gasteiger partial charge in [-0.3, -0.25) is 5.11 Å². The van der Waals surface area contributed by atoms with Gasteiger partial charge in [0.25, 0.3) is 0 Å². The van der Waals surface area contributed by atoms with Crippen molar-refractivity contribution in [3.63, 3.8) is 0 Å². The highest BCUT2D eigenvalue weighted by Gasteiger charge is 2.07. The molecule has 1 radical (unpaired) electrons. The van der Waals surface area contributed by atoms with Crippen LogP contribution in [0.2, 0.25) is 0 Å². The van der Waals surface area contributed by atoms with E-state index in [1.807, 2.05) is 6.92 Å². The minimum Gasteiger partial charge on any atom is -0.398 e. The number of nitrogens with two attached hydrogens (primary N) is 1. The molecule has 0 bridgehead atoms. The second-order valence-electron chi connectivity index (χ2n) is 2.83. The highest BCUT2D eigenvalue weighted by atomic mass is 16.3. The van der Waals surface area contributed by atoms with E-state index >= 15 is 0 Å². The largest absolute Gasteiger partial charge is 0.398 e. The first kappa shape index (κ1) is 8.65. The van der Waals surface area contributed by atoms with Crippen LogP contribution in [-0.2, 0) is 5.11 Å². The minimum absolute atomic E-state index is 0.0246. The normalized spacial score (nSPS) is 9.83. The molecule has 2 nitrogen and oxygen atoms in total. The predicted octanol–water partition coefficient (Wildman–Crippen LogP) is 2.67. The van der Waals surface area contributed by atoms with E-state index in [1.54, 1.807) is 13.0 Å². The fourth-order valence-corrected chi connectivity index (χ4v) is 1.10. The summed E-state index contributed by atoms with van der Waals surface area (Å²) in [5.41, 5.74) is 8.71. The van der Waals surface area contributed by atoms with Crippen molar-refractivity contribution in [3.05, 3.63) is 29.3 Å². The molecule has 0 aromatic heterocycles. The highest BCUT2D eigenvalue weighted by Crippen LogP contribution is 2.29. The molecule has 12 heavy (non-hydrogen) atoms. The molecular formula is C10H12NO. The summed E-state index contributed by atoms with van der Waals surface area (Å²) in [5, 5.41) is 11.3. The first-order valence-corrected chi connectivity index (χ1v) is 3.77. The van der Waals surface area contributed by atoms with Gasteiger partial charge in [0, 0.05) is 16.8 Å². The van der Waals surface area contributed by atoms with Gasteiger partial charge in [-0.15, -0.1) is 0 Å². The molecule has 63 valence electrons. The molecule has 0 fully saturated rings. The van der Waals surface area contributed by atoms with Crippen LogP contribution in [-0.4, -0.2) is 0 Å². The van der Waals surface area contributed by atoms with E-state index in [9.17, 15) is 5.11 Å². The molecule has 1 aromatic rings. The maximum absolute atomic E-state index is 11.3. The summed E-state index contributed by atoms with van der Waals surface area (Å²) >= 11 is 0. The standard InChI is InChI=1S/C10H12NO/c1-4-8-5-9(12)6(2)7(3)10(8)11/h4-5H,1,11H2,2-3H3. The van der Waals surface area contributed by atoms with E-state index < -0.39 is 0 Å². The molecule has 0 unspecified atom stereocenters. The van der Waals surface area contributed by atoms with Gasteiger partial charge in [0.2, 0.25) is 0 Å². The van der Waals surface area contributed by atoms with Gasteiger partial charge < -0.3 is 5.73 Å². The molecule has 2 heteroatoms. The van der Waals surface area contributed by atoms with Crippen LogP contribution in [0.1, 0.15) is 16.7 Å². The molecule has 0 aliphatic rings. The molecular weight excluding hydrogens is 150 g/mol. The van der Waals surface area contributed by atoms with E-state index in [0.717, 1.165) is 16.7 Å². The number of anilines is 1. The third kappa shape index (κ3) is 1.16. The molecule has 0 saturated carbocycles. The van der Waals surface area contributed by atoms with Crippen LogP contribution in [0.5, 0.6) is 5.75 Å². The maximum atomic E-state index is 11.3.